The number of hydrogen-bond donors (Lipinski definition) is 2. The van der Waals surface area contributed by atoms with E-state index >= 15 is 0 Å². The van der Waals surface area contributed by atoms with Crippen molar-refractivity contribution in [1.29, 1.82) is 0 Å². The van der Waals surface area contributed by atoms with Crippen LogP contribution < -0.4 is 5.32 Å². The molecular weight excluding hydrogens is 226 g/mol. The van der Waals surface area contributed by atoms with Crippen LogP contribution in [-0.4, -0.2) is 16.1 Å². The summed E-state index contributed by atoms with van der Waals surface area (Å²) < 4.78 is 0. The van der Waals surface area contributed by atoms with Gasteiger partial charge in [-0.25, -0.2) is 0 Å². The van der Waals surface area contributed by atoms with Crippen LogP contribution in [0.3, 0.4) is 0 Å². The van der Waals surface area contributed by atoms with E-state index in [2.05, 4.69) is 15.5 Å². The van der Waals surface area contributed by atoms with E-state index in [0.717, 1.165) is 5.69 Å². The normalized spacial score (nSPS) is 10.1. The number of nitrogens with zero attached hydrogens (tertiary/aromatic N) is 1. The number of rotatable bonds is 2. The van der Waals surface area contributed by atoms with Gasteiger partial charge in [-0.15, -0.1) is 0 Å². The number of amides is 1. The van der Waals surface area contributed by atoms with Crippen LogP contribution in [0.15, 0.2) is 30.3 Å². The Kier molecular flexibility index (Phi) is 2.92. The van der Waals surface area contributed by atoms with Crippen molar-refractivity contribution in [2.24, 2.45) is 0 Å². The molecule has 0 spiro atoms. The number of aromatic nitrogens is 2. The molecule has 1 amide bonds. The molecule has 1 aromatic heterocycles. The van der Waals surface area contributed by atoms with Gasteiger partial charge >= 0.3 is 0 Å². The first-order valence-electron chi connectivity index (χ1n) is 4.74. The SMILES string of the molecule is Cc1cc(C(=O)Nc2ccc(Cl)cc2)n[nH]1. The molecule has 0 radical (unpaired) electrons. The number of H-pyrrole nitrogens is 1. The summed E-state index contributed by atoms with van der Waals surface area (Å²) in [5, 5.41) is 9.93. The van der Waals surface area contributed by atoms with E-state index in [4.69, 9.17) is 11.6 Å². The lowest BCUT2D eigenvalue weighted by atomic mass is 10.3. The number of carbonyl (C=O) groups excluding carboxylic acids is 1. The largest absolute Gasteiger partial charge is 0.321 e. The summed E-state index contributed by atoms with van der Waals surface area (Å²) in [6.45, 7) is 1.84. The predicted octanol–water partition coefficient (Wildman–Crippen LogP) is 2.62. The topological polar surface area (TPSA) is 57.8 Å². The number of aryl methyl sites for hydroxylation is 1. The Balaban J connectivity index is 2.10. The van der Waals surface area contributed by atoms with Crippen molar-refractivity contribution >= 4 is 23.2 Å². The fourth-order valence-corrected chi connectivity index (χ4v) is 1.39. The van der Waals surface area contributed by atoms with Crippen molar-refractivity contribution in [2.75, 3.05) is 5.32 Å². The third-order valence-electron chi connectivity index (χ3n) is 2.04. The van der Waals surface area contributed by atoms with Gasteiger partial charge in [-0.05, 0) is 37.3 Å². The molecule has 2 N–H and O–H groups in total. The van der Waals surface area contributed by atoms with E-state index in [-0.39, 0.29) is 5.91 Å². The van der Waals surface area contributed by atoms with Gasteiger partial charge in [0.05, 0.1) is 0 Å². The van der Waals surface area contributed by atoms with E-state index in [0.29, 0.717) is 16.4 Å². The number of anilines is 1. The molecule has 0 fully saturated rings. The third-order valence-corrected chi connectivity index (χ3v) is 2.29. The minimum Gasteiger partial charge on any atom is -0.321 e. The van der Waals surface area contributed by atoms with Gasteiger partial charge in [0.2, 0.25) is 0 Å². The fraction of sp³-hybridized carbons (Fsp3) is 0.0909. The Morgan fingerprint density at radius 1 is 1.38 bits per heavy atom. The quantitative estimate of drug-likeness (QED) is 0.841. The summed E-state index contributed by atoms with van der Waals surface area (Å²) in [5.74, 6) is -0.244. The van der Waals surface area contributed by atoms with Crippen molar-refractivity contribution in [3.05, 3.63) is 46.7 Å². The Hall–Kier alpha value is -1.81. The summed E-state index contributed by atoms with van der Waals surface area (Å²) >= 11 is 5.74. The average Bonchev–Trinajstić information content (AvgIpc) is 2.68. The Morgan fingerprint density at radius 2 is 2.06 bits per heavy atom. The number of nitrogens with one attached hydrogen (secondary N) is 2. The van der Waals surface area contributed by atoms with E-state index in [1.165, 1.54) is 0 Å². The number of aromatic amines is 1. The fourth-order valence-electron chi connectivity index (χ4n) is 1.26. The summed E-state index contributed by atoms with van der Waals surface area (Å²) in [4.78, 5) is 11.7. The van der Waals surface area contributed by atoms with Crippen LogP contribution in [0, 0.1) is 6.92 Å². The minimum absolute atomic E-state index is 0.244. The van der Waals surface area contributed by atoms with Crippen LogP contribution >= 0.6 is 11.6 Å². The van der Waals surface area contributed by atoms with Gasteiger partial charge in [-0.2, -0.15) is 5.10 Å². The zero-order valence-electron chi connectivity index (χ0n) is 8.62. The molecule has 0 aliphatic carbocycles. The molecule has 0 saturated heterocycles. The second-order valence-electron chi connectivity index (χ2n) is 3.40. The standard InChI is InChI=1S/C11H10ClN3O/c1-7-6-10(15-14-7)11(16)13-9-4-2-8(12)3-5-9/h2-6H,1H3,(H,13,16)(H,14,15). The van der Waals surface area contributed by atoms with Crippen LogP contribution in [0.2, 0.25) is 5.02 Å². The first kappa shape index (κ1) is 10.7. The number of carbonyl (C=O) groups is 1. The molecule has 1 heterocycles. The van der Waals surface area contributed by atoms with Crippen molar-refractivity contribution in [3.63, 3.8) is 0 Å². The minimum atomic E-state index is -0.244. The van der Waals surface area contributed by atoms with Gasteiger partial charge < -0.3 is 5.32 Å². The highest BCUT2D eigenvalue weighted by Crippen LogP contribution is 2.14. The van der Waals surface area contributed by atoms with Gasteiger partial charge in [-0.1, -0.05) is 11.6 Å². The van der Waals surface area contributed by atoms with Crippen LogP contribution in [-0.2, 0) is 0 Å². The van der Waals surface area contributed by atoms with E-state index < -0.39 is 0 Å². The highest BCUT2D eigenvalue weighted by atomic mass is 35.5. The smallest absolute Gasteiger partial charge is 0.276 e. The second-order valence-corrected chi connectivity index (χ2v) is 3.83. The van der Waals surface area contributed by atoms with Gasteiger partial charge in [0.25, 0.3) is 5.91 Å². The molecule has 0 atom stereocenters. The molecule has 5 heteroatoms. The maximum absolute atomic E-state index is 11.7. The van der Waals surface area contributed by atoms with Crippen LogP contribution in [0.1, 0.15) is 16.2 Å². The van der Waals surface area contributed by atoms with Gasteiger partial charge in [0.1, 0.15) is 0 Å². The van der Waals surface area contributed by atoms with E-state index in [1.807, 2.05) is 6.92 Å². The Labute approximate surface area is 97.6 Å². The molecule has 0 aliphatic heterocycles. The number of hydrogen-bond acceptors (Lipinski definition) is 2. The van der Waals surface area contributed by atoms with Crippen LogP contribution in [0.4, 0.5) is 5.69 Å². The second kappa shape index (κ2) is 4.37. The highest BCUT2D eigenvalue weighted by Gasteiger charge is 2.08. The molecule has 2 rings (SSSR count). The van der Waals surface area contributed by atoms with Gasteiger partial charge in [0.15, 0.2) is 5.69 Å². The lowest BCUT2D eigenvalue weighted by Gasteiger charge is -2.02. The Bertz CT molecular complexity index is 504. The lowest BCUT2D eigenvalue weighted by molar-refractivity contribution is 0.102. The summed E-state index contributed by atoms with van der Waals surface area (Å²) in [7, 11) is 0. The van der Waals surface area contributed by atoms with E-state index in [9.17, 15) is 4.79 Å². The van der Waals surface area contributed by atoms with Crippen LogP contribution in [0.25, 0.3) is 0 Å². The molecule has 1 aromatic carbocycles. The molecule has 0 aliphatic rings. The van der Waals surface area contributed by atoms with Crippen LogP contribution in [0.5, 0.6) is 0 Å². The summed E-state index contributed by atoms with van der Waals surface area (Å²) in [6.07, 6.45) is 0. The van der Waals surface area contributed by atoms with Crippen molar-refractivity contribution in [1.82, 2.24) is 10.2 Å². The van der Waals surface area contributed by atoms with Gasteiger partial charge in [-0.3, -0.25) is 9.89 Å². The van der Waals surface area contributed by atoms with Gasteiger partial charge in [0, 0.05) is 16.4 Å². The van der Waals surface area contributed by atoms with E-state index in [1.54, 1.807) is 30.3 Å². The van der Waals surface area contributed by atoms with Crippen molar-refractivity contribution in [3.8, 4) is 0 Å². The molecular formula is C11H10ClN3O. The molecule has 0 unspecified atom stereocenters. The molecule has 4 nitrogen and oxygen atoms in total. The Morgan fingerprint density at radius 3 is 2.62 bits per heavy atom. The maximum atomic E-state index is 11.7. The first-order chi connectivity index (χ1) is 7.65. The monoisotopic (exact) mass is 235 g/mol. The van der Waals surface area contributed by atoms with Crippen molar-refractivity contribution < 1.29 is 4.79 Å². The third kappa shape index (κ3) is 2.41. The zero-order chi connectivity index (χ0) is 11.5. The average molecular weight is 236 g/mol. The maximum Gasteiger partial charge on any atom is 0.276 e. The number of halogens is 1. The van der Waals surface area contributed by atoms with Crippen molar-refractivity contribution in [2.45, 2.75) is 6.92 Å². The zero-order valence-corrected chi connectivity index (χ0v) is 9.38. The lowest BCUT2D eigenvalue weighted by Crippen LogP contribution is -2.12. The summed E-state index contributed by atoms with van der Waals surface area (Å²) in [5.41, 5.74) is 1.91. The highest BCUT2D eigenvalue weighted by molar-refractivity contribution is 6.30. The number of benzene rings is 1. The molecule has 16 heavy (non-hydrogen) atoms. The first-order valence-corrected chi connectivity index (χ1v) is 5.12. The summed E-state index contributed by atoms with van der Waals surface area (Å²) in [6, 6.07) is 8.59. The molecule has 0 bridgehead atoms. The molecule has 0 saturated carbocycles. The molecule has 2 aromatic rings. The predicted molar refractivity (Wildman–Crippen MR) is 62.7 cm³/mol. The molecule has 82 valence electrons.